The van der Waals surface area contributed by atoms with Gasteiger partial charge < -0.3 is 14.2 Å². The fraction of sp³-hybridized carbons (Fsp3) is 0.667. The number of rotatable bonds is 6. The van der Waals surface area contributed by atoms with E-state index in [2.05, 4.69) is 0 Å². The van der Waals surface area contributed by atoms with Crippen molar-refractivity contribution < 1.29 is 38.6 Å². The van der Waals surface area contributed by atoms with E-state index in [1.807, 2.05) is 0 Å². The summed E-state index contributed by atoms with van der Waals surface area (Å²) in [6.07, 6.45) is -1.76. The molecule has 0 saturated carbocycles. The summed E-state index contributed by atoms with van der Waals surface area (Å²) in [5.41, 5.74) is -3.80. The van der Waals surface area contributed by atoms with E-state index in [-0.39, 0.29) is 0 Å². The summed E-state index contributed by atoms with van der Waals surface area (Å²) in [7, 11) is 0.774. The van der Waals surface area contributed by atoms with Gasteiger partial charge >= 0.3 is 29.5 Å². The number of methoxy groups -OCH3 is 1. The van der Waals surface area contributed by atoms with E-state index in [9.17, 15) is 39.9 Å². The average molecular weight is 377 g/mol. The van der Waals surface area contributed by atoms with Crippen LogP contribution in [0.4, 0.5) is 0 Å². The smallest absolute Gasteiger partial charge is 0.378 e. The first-order chi connectivity index (χ1) is 11.8. The molecule has 0 spiro atoms. The number of ether oxygens (including phenoxy) is 3. The number of esters is 2. The van der Waals surface area contributed by atoms with Gasteiger partial charge in [0.25, 0.3) is 5.54 Å². The van der Waals surface area contributed by atoms with Crippen LogP contribution in [0.1, 0.15) is 20.8 Å². The van der Waals surface area contributed by atoms with E-state index in [1.54, 1.807) is 0 Å². The van der Waals surface area contributed by atoms with Gasteiger partial charge in [0.1, 0.15) is 0 Å². The second-order valence-electron chi connectivity index (χ2n) is 5.50. The molecule has 4 atom stereocenters. The zero-order valence-electron chi connectivity index (χ0n) is 14.1. The monoisotopic (exact) mass is 377 g/mol. The lowest BCUT2D eigenvalue weighted by Gasteiger charge is -2.39. The molecule has 0 fully saturated rings. The molecule has 0 aromatic carbocycles. The van der Waals surface area contributed by atoms with E-state index in [0.29, 0.717) is 6.08 Å². The molecule has 0 saturated heterocycles. The second-order valence-corrected chi connectivity index (χ2v) is 5.50. The maximum atomic E-state index is 11.7. The van der Waals surface area contributed by atoms with Crippen LogP contribution in [-0.4, -0.2) is 57.3 Å². The van der Waals surface area contributed by atoms with Crippen molar-refractivity contribution in [3.63, 3.8) is 0 Å². The van der Waals surface area contributed by atoms with Crippen molar-refractivity contribution in [2.45, 2.75) is 44.2 Å². The molecule has 0 heterocycles. The van der Waals surface area contributed by atoms with Crippen LogP contribution in [0.15, 0.2) is 11.8 Å². The number of hydrogen-bond donors (Lipinski definition) is 0. The molecule has 0 aromatic heterocycles. The Morgan fingerprint density at radius 2 is 1.65 bits per heavy atom. The van der Waals surface area contributed by atoms with Gasteiger partial charge in [-0.3, -0.25) is 39.9 Å². The lowest BCUT2D eigenvalue weighted by atomic mass is 9.78. The molecule has 0 aliphatic heterocycles. The van der Waals surface area contributed by atoms with Crippen LogP contribution >= 0.6 is 0 Å². The molecule has 1 aliphatic rings. The van der Waals surface area contributed by atoms with Gasteiger partial charge in [0.15, 0.2) is 0 Å². The summed E-state index contributed by atoms with van der Waals surface area (Å²) in [4.78, 5) is 53.9. The van der Waals surface area contributed by atoms with Gasteiger partial charge in [-0.05, 0) is 0 Å². The van der Waals surface area contributed by atoms with Gasteiger partial charge in [-0.1, -0.05) is 0 Å². The van der Waals surface area contributed by atoms with Gasteiger partial charge in [0, 0.05) is 37.7 Å². The first kappa shape index (κ1) is 20.9. The SMILES string of the molecule is CO[C@]1(OC(C)=O)C([N+](=O)[O-])=C[C@](C)([N+](=O)[O-])[C@@H](OC(C)=O)[C@H]1[N+](=O)[O-]. The van der Waals surface area contributed by atoms with Crippen LogP contribution in [0, 0.1) is 30.3 Å². The molecular formula is C12H15N3O11. The van der Waals surface area contributed by atoms with Gasteiger partial charge in [0.2, 0.25) is 6.10 Å². The third-order valence-electron chi connectivity index (χ3n) is 3.75. The quantitative estimate of drug-likeness (QED) is 0.255. The van der Waals surface area contributed by atoms with E-state index >= 15 is 0 Å². The number of hydrogen-bond acceptors (Lipinski definition) is 11. The summed E-state index contributed by atoms with van der Waals surface area (Å²) in [5, 5.41) is 34.6. The number of nitrogens with zero attached hydrogens (tertiary/aromatic N) is 3. The van der Waals surface area contributed by atoms with E-state index in [1.165, 1.54) is 0 Å². The number of nitro groups is 3. The molecule has 14 nitrogen and oxygen atoms in total. The molecule has 1 aliphatic carbocycles. The lowest BCUT2D eigenvalue weighted by molar-refractivity contribution is -0.629. The van der Waals surface area contributed by atoms with Gasteiger partial charge in [0.05, 0.1) is 11.0 Å². The maximum Gasteiger partial charge on any atom is 0.378 e. The number of carbonyl (C=O) groups is 2. The summed E-state index contributed by atoms with van der Waals surface area (Å²) >= 11 is 0. The highest BCUT2D eigenvalue weighted by Gasteiger charge is 2.75. The van der Waals surface area contributed by atoms with Crippen molar-refractivity contribution >= 4 is 11.9 Å². The van der Waals surface area contributed by atoms with Crippen molar-refractivity contribution in [2.75, 3.05) is 7.11 Å². The molecule has 0 amide bonds. The van der Waals surface area contributed by atoms with Crippen LogP contribution in [0.2, 0.25) is 0 Å². The standard InChI is InChI=1S/C12H15N3O11/c1-6(16)25-10-9(14(20)21)12(24-4,26-7(2)17)8(13(18)19)5-11(10,3)15(22)23/h5,9-10H,1-4H3/t9-,10+,11+,12+/m1/s1. The van der Waals surface area contributed by atoms with Crippen molar-refractivity contribution in [2.24, 2.45) is 0 Å². The Balaban J connectivity index is 3.93. The molecular weight excluding hydrogens is 362 g/mol. The Morgan fingerprint density at radius 3 is 1.96 bits per heavy atom. The summed E-state index contributed by atoms with van der Waals surface area (Å²) in [6, 6.07) is -2.49. The van der Waals surface area contributed by atoms with Crippen molar-refractivity contribution in [3.8, 4) is 0 Å². The molecule has 0 N–H and O–H groups in total. The minimum absolute atomic E-state index is 0.410. The topological polar surface area (TPSA) is 191 Å². The van der Waals surface area contributed by atoms with Gasteiger partial charge in [-0.15, -0.1) is 0 Å². The van der Waals surface area contributed by atoms with Gasteiger partial charge in [-0.25, -0.2) is 0 Å². The fourth-order valence-electron chi connectivity index (χ4n) is 2.67. The Labute approximate surface area is 145 Å². The molecule has 0 aromatic rings. The third kappa shape index (κ3) is 3.30. The normalized spacial score (nSPS) is 30.7. The third-order valence-corrected chi connectivity index (χ3v) is 3.75. The van der Waals surface area contributed by atoms with Crippen LogP contribution in [0.5, 0.6) is 0 Å². The predicted octanol–water partition coefficient (Wildman–Crippen LogP) is -0.321. The first-order valence-corrected chi connectivity index (χ1v) is 6.91. The van der Waals surface area contributed by atoms with E-state index in [0.717, 1.165) is 27.9 Å². The Morgan fingerprint density at radius 1 is 1.12 bits per heavy atom. The maximum absolute atomic E-state index is 11.7. The molecule has 1 rings (SSSR count). The predicted molar refractivity (Wildman–Crippen MR) is 78.3 cm³/mol. The Bertz CT molecular complexity index is 705. The highest BCUT2D eigenvalue weighted by atomic mass is 16.7. The van der Waals surface area contributed by atoms with Crippen molar-refractivity contribution in [1.29, 1.82) is 0 Å². The van der Waals surface area contributed by atoms with Crippen LogP contribution in [0.3, 0.4) is 0 Å². The van der Waals surface area contributed by atoms with Crippen LogP contribution in [-0.2, 0) is 23.8 Å². The minimum atomic E-state index is -2.95. The molecule has 0 unspecified atom stereocenters. The average Bonchev–Trinajstić information content (AvgIpc) is 2.48. The van der Waals surface area contributed by atoms with Crippen molar-refractivity contribution in [1.82, 2.24) is 0 Å². The van der Waals surface area contributed by atoms with Crippen LogP contribution < -0.4 is 0 Å². The molecule has 144 valence electrons. The lowest BCUT2D eigenvalue weighted by Crippen LogP contribution is -2.69. The molecule has 26 heavy (non-hydrogen) atoms. The zero-order chi connectivity index (χ0) is 20.4. The summed E-state index contributed by atoms with van der Waals surface area (Å²) < 4.78 is 14.3. The van der Waals surface area contributed by atoms with Crippen molar-refractivity contribution in [3.05, 3.63) is 42.1 Å². The van der Waals surface area contributed by atoms with Crippen LogP contribution in [0.25, 0.3) is 0 Å². The van der Waals surface area contributed by atoms with Gasteiger partial charge in [-0.2, -0.15) is 0 Å². The zero-order valence-corrected chi connectivity index (χ0v) is 14.1. The Kier molecular flexibility index (Phi) is 5.61. The Hall–Kier alpha value is -3.16. The largest absolute Gasteiger partial charge is 0.447 e. The number of carbonyl (C=O) groups excluding carboxylic acids is 2. The summed E-state index contributed by atoms with van der Waals surface area (Å²) in [5.74, 6) is -5.27. The summed E-state index contributed by atoms with van der Waals surface area (Å²) in [6.45, 7) is 2.44. The molecule has 0 bridgehead atoms. The highest BCUT2D eigenvalue weighted by Crippen LogP contribution is 2.42. The van der Waals surface area contributed by atoms with E-state index < -0.39 is 55.9 Å². The minimum Gasteiger partial charge on any atom is -0.447 e. The van der Waals surface area contributed by atoms with E-state index in [4.69, 9.17) is 14.2 Å². The fourth-order valence-corrected chi connectivity index (χ4v) is 2.67. The second kappa shape index (κ2) is 6.99. The molecule has 14 heteroatoms. The first-order valence-electron chi connectivity index (χ1n) is 6.91. The highest BCUT2D eigenvalue weighted by molar-refractivity contribution is 5.68. The molecule has 0 radical (unpaired) electrons.